The predicted molar refractivity (Wildman–Crippen MR) is 81.6 cm³/mol. The molecule has 18 heavy (non-hydrogen) atoms. The number of aromatic nitrogens is 1. The monoisotopic (exact) mass is 263 g/mol. The van der Waals surface area contributed by atoms with Crippen molar-refractivity contribution in [3.8, 4) is 0 Å². The average Bonchev–Trinajstić information content (AvgIpc) is 2.28. The third-order valence-corrected chi connectivity index (χ3v) is 4.98. The van der Waals surface area contributed by atoms with Crippen molar-refractivity contribution < 1.29 is 0 Å². The highest BCUT2D eigenvalue weighted by molar-refractivity contribution is 7.99. The smallest absolute Gasteiger partial charge is 0.0449 e. The number of rotatable bonds is 2. The molecule has 1 aliphatic rings. The first-order valence-corrected chi connectivity index (χ1v) is 8.32. The highest BCUT2D eigenvalue weighted by Crippen LogP contribution is 2.37. The molecule has 100 valence electrons. The Hall–Kier alpha value is -0.500. The number of fused-ring (bicyclic) bond motifs is 1. The van der Waals surface area contributed by atoms with E-state index in [0.717, 1.165) is 6.42 Å². The first-order chi connectivity index (χ1) is 8.61. The average molecular weight is 263 g/mol. The Morgan fingerprint density at radius 1 is 1.22 bits per heavy atom. The maximum atomic E-state index is 4.68. The van der Waals surface area contributed by atoms with Crippen LogP contribution in [0.1, 0.15) is 62.8 Å². The molecule has 0 bridgehead atoms. The van der Waals surface area contributed by atoms with E-state index in [1.807, 2.05) is 6.20 Å². The molecule has 1 atom stereocenters. The van der Waals surface area contributed by atoms with Crippen LogP contribution < -0.4 is 0 Å². The molecule has 0 aromatic carbocycles. The van der Waals surface area contributed by atoms with Gasteiger partial charge in [0.1, 0.15) is 0 Å². The van der Waals surface area contributed by atoms with Gasteiger partial charge in [0.15, 0.2) is 0 Å². The van der Waals surface area contributed by atoms with E-state index in [9.17, 15) is 0 Å². The topological polar surface area (TPSA) is 12.9 Å². The Labute approximate surface area is 116 Å². The quantitative estimate of drug-likeness (QED) is 0.772. The van der Waals surface area contributed by atoms with E-state index in [0.29, 0.717) is 17.8 Å². The van der Waals surface area contributed by atoms with E-state index in [2.05, 4.69) is 50.5 Å². The van der Waals surface area contributed by atoms with Gasteiger partial charge in [0.05, 0.1) is 0 Å². The van der Waals surface area contributed by atoms with Gasteiger partial charge in [0.25, 0.3) is 0 Å². The van der Waals surface area contributed by atoms with E-state index in [-0.39, 0.29) is 0 Å². The van der Waals surface area contributed by atoms with Gasteiger partial charge in [-0.2, -0.15) is 11.8 Å². The van der Waals surface area contributed by atoms with Gasteiger partial charge in [0.2, 0.25) is 0 Å². The van der Waals surface area contributed by atoms with E-state index in [1.165, 1.54) is 29.2 Å². The van der Waals surface area contributed by atoms with Crippen LogP contribution in [0, 0.1) is 5.92 Å². The highest BCUT2D eigenvalue weighted by atomic mass is 32.2. The minimum absolute atomic E-state index is 0.607. The van der Waals surface area contributed by atoms with Gasteiger partial charge in [-0.05, 0) is 59.3 Å². The van der Waals surface area contributed by atoms with E-state index >= 15 is 0 Å². The number of nitrogens with zero attached hydrogens (tertiary/aromatic N) is 1. The van der Waals surface area contributed by atoms with Crippen molar-refractivity contribution in [2.24, 2.45) is 5.92 Å². The lowest BCUT2D eigenvalue weighted by atomic mass is 9.80. The first-order valence-electron chi connectivity index (χ1n) is 7.16. The summed E-state index contributed by atoms with van der Waals surface area (Å²) in [6.45, 7) is 9.33. The Morgan fingerprint density at radius 3 is 2.67 bits per heavy atom. The molecule has 1 nitrogen and oxygen atoms in total. The maximum Gasteiger partial charge on any atom is 0.0449 e. The summed E-state index contributed by atoms with van der Waals surface area (Å²) < 4.78 is 0. The summed E-state index contributed by atoms with van der Waals surface area (Å²) in [6, 6.07) is 2.24. The van der Waals surface area contributed by atoms with E-state index in [1.54, 1.807) is 5.56 Å². The van der Waals surface area contributed by atoms with Crippen LogP contribution in [-0.4, -0.2) is 16.5 Å². The number of thioether (sulfide) groups is 1. The highest BCUT2D eigenvalue weighted by Gasteiger charge is 2.25. The largest absolute Gasteiger partial charge is 0.261 e. The third kappa shape index (κ3) is 2.90. The summed E-state index contributed by atoms with van der Waals surface area (Å²) in [5.41, 5.74) is 4.49. The van der Waals surface area contributed by atoms with Crippen LogP contribution in [0.2, 0.25) is 0 Å². The van der Waals surface area contributed by atoms with Gasteiger partial charge in [-0.3, -0.25) is 4.98 Å². The molecule has 0 amide bonds. The third-order valence-electron chi connectivity index (χ3n) is 3.96. The van der Waals surface area contributed by atoms with Crippen LogP contribution in [0.4, 0.5) is 0 Å². The first kappa shape index (κ1) is 13.9. The van der Waals surface area contributed by atoms with Gasteiger partial charge in [0, 0.05) is 11.9 Å². The Kier molecular flexibility index (Phi) is 4.71. The van der Waals surface area contributed by atoms with Gasteiger partial charge in [-0.15, -0.1) is 0 Å². The molecular weight excluding hydrogens is 238 g/mol. The summed E-state index contributed by atoms with van der Waals surface area (Å²) in [5.74, 6) is 4.54. The fourth-order valence-corrected chi connectivity index (χ4v) is 3.92. The summed E-state index contributed by atoms with van der Waals surface area (Å²) in [4.78, 5) is 4.68. The van der Waals surface area contributed by atoms with Crippen LogP contribution in [0.25, 0.3) is 0 Å². The van der Waals surface area contributed by atoms with Crippen LogP contribution in [0.3, 0.4) is 0 Å². The van der Waals surface area contributed by atoms with Crippen molar-refractivity contribution in [1.82, 2.24) is 4.98 Å². The Bertz CT molecular complexity index is 398. The summed E-state index contributed by atoms with van der Waals surface area (Å²) in [5, 5.41) is 0. The predicted octanol–water partition coefficient (Wildman–Crippen LogP) is 4.62. The molecule has 0 saturated heterocycles. The van der Waals surface area contributed by atoms with E-state index in [4.69, 9.17) is 0 Å². The van der Waals surface area contributed by atoms with Crippen LogP contribution in [-0.2, 0) is 6.42 Å². The fourth-order valence-electron chi connectivity index (χ4n) is 2.96. The zero-order valence-electron chi connectivity index (χ0n) is 12.1. The lowest BCUT2D eigenvalue weighted by Gasteiger charge is -2.29. The van der Waals surface area contributed by atoms with Crippen molar-refractivity contribution in [1.29, 1.82) is 0 Å². The lowest BCUT2D eigenvalue weighted by Crippen LogP contribution is -2.17. The molecular formula is C16H25NS. The number of hydrogen-bond acceptors (Lipinski definition) is 2. The van der Waals surface area contributed by atoms with Gasteiger partial charge >= 0.3 is 0 Å². The van der Waals surface area contributed by atoms with Crippen molar-refractivity contribution in [2.45, 2.75) is 52.4 Å². The zero-order chi connectivity index (χ0) is 13.1. The van der Waals surface area contributed by atoms with Crippen LogP contribution >= 0.6 is 11.8 Å². The summed E-state index contributed by atoms with van der Waals surface area (Å²) >= 11 is 2.09. The summed E-state index contributed by atoms with van der Waals surface area (Å²) in [6.07, 6.45) is 4.46. The number of pyridine rings is 1. The molecule has 0 N–H and O–H groups in total. The number of aryl methyl sites for hydroxylation is 1. The van der Waals surface area contributed by atoms with Gasteiger partial charge < -0.3 is 0 Å². The lowest BCUT2D eigenvalue weighted by molar-refractivity contribution is 0.476. The molecule has 2 heterocycles. The molecule has 1 unspecified atom stereocenters. The minimum atomic E-state index is 0.607. The molecule has 0 saturated carbocycles. The second-order valence-corrected chi connectivity index (χ2v) is 7.14. The van der Waals surface area contributed by atoms with Crippen molar-refractivity contribution in [2.75, 3.05) is 11.5 Å². The van der Waals surface area contributed by atoms with Crippen molar-refractivity contribution in [3.63, 3.8) is 0 Å². The zero-order valence-corrected chi connectivity index (χ0v) is 12.9. The minimum Gasteiger partial charge on any atom is -0.261 e. The normalized spacial score (nSPS) is 20.7. The molecule has 1 aromatic heterocycles. The number of hydrogen-bond donors (Lipinski definition) is 0. The molecule has 0 aliphatic carbocycles. The van der Waals surface area contributed by atoms with Gasteiger partial charge in [-0.25, -0.2) is 0 Å². The molecule has 0 spiro atoms. The Balaban J connectivity index is 2.51. The second kappa shape index (κ2) is 6.10. The van der Waals surface area contributed by atoms with Crippen molar-refractivity contribution in [3.05, 3.63) is 29.1 Å². The maximum absolute atomic E-state index is 4.68. The SMILES string of the molecule is CC(C)c1ccnc2c1C(C(C)C)CCSCC2. The fraction of sp³-hybridized carbons (Fsp3) is 0.688. The second-order valence-electron chi connectivity index (χ2n) is 5.92. The molecule has 0 fully saturated rings. The molecule has 2 rings (SSSR count). The Morgan fingerprint density at radius 2 is 2.00 bits per heavy atom. The van der Waals surface area contributed by atoms with Gasteiger partial charge in [-0.1, -0.05) is 27.7 Å². The standard InChI is InChI=1S/C16H25NS/c1-11(2)13-5-8-17-15-7-10-18-9-6-14(12(3)4)16(13)15/h5,8,11-12,14H,6-7,9-10H2,1-4H3. The van der Waals surface area contributed by atoms with E-state index < -0.39 is 0 Å². The molecule has 0 radical (unpaired) electrons. The van der Waals surface area contributed by atoms with Crippen LogP contribution in [0.15, 0.2) is 12.3 Å². The van der Waals surface area contributed by atoms with Crippen LogP contribution in [0.5, 0.6) is 0 Å². The van der Waals surface area contributed by atoms with Crippen molar-refractivity contribution >= 4 is 11.8 Å². The molecule has 1 aliphatic heterocycles. The molecule has 2 heteroatoms. The molecule has 1 aromatic rings. The summed E-state index contributed by atoms with van der Waals surface area (Å²) in [7, 11) is 0.